The van der Waals surface area contributed by atoms with Gasteiger partial charge in [-0.25, -0.2) is 4.79 Å². The molecule has 3 unspecified atom stereocenters. The Labute approximate surface area is 99.8 Å². The second-order valence-corrected chi connectivity index (χ2v) is 4.75. The average Bonchev–Trinajstić information content (AvgIpc) is 2.78. The number of amides is 3. The lowest BCUT2D eigenvalue weighted by Gasteiger charge is -2.09. The van der Waals surface area contributed by atoms with E-state index in [2.05, 4.69) is 10.6 Å². The smallest absolute Gasteiger partial charge is 0.321 e. The highest BCUT2D eigenvalue weighted by Crippen LogP contribution is 2.28. The predicted octanol–water partition coefficient (Wildman–Crippen LogP) is 0.721. The molecule has 1 saturated carbocycles. The van der Waals surface area contributed by atoms with Crippen molar-refractivity contribution in [2.24, 2.45) is 11.8 Å². The van der Waals surface area contributed by atoms with E-state index in [4.69, 9.17) is 5.11 Å². The molecule has 96 valence electrons. The second kappa shape index (κ2) is 5.65. The standard InChI is InChI=1S/C11H18N2O4/c1-6(4-10(15)16)3-9(14)13-11(17)12-8-5-7(8)2/h6-8H,3-5H2,1-2H3,(H,15,16)(H2,12,13,14,17). The van der Waals surface area contributed by atoms with Gasteiger partial charge in [-0.2, -0.15) is 0 Å². The average molecular weight is 242 g/mol. The van der Waals surface area contributed by atoms with Crippen LogP contribution in [-0.4, -0.2) is 29.1 Å². The molecule has 1 rings (SSSR count). The number of nitrogens with one attached hydrogen (secondary N) is 2. The first kappa shape index (κ1) is 13.5. The Bertz CT molecular complexity index is 329. The Hall–Kier alpha value is -1.59. The van der Waals surface area contributed by atoms with Gasteiger partial charge in [0.05, 0.1) is 0 Å². The molecule has 6 nitrogen and oxygen atoms in total. The van der Waals surface area contributed by atoms with Crippen molar-refractivity contribution < 1.29 is 19.5 Å². The van der Waals surface area contributed by atoms with Crippen LogP contribution in [0.1, 0.15) is 33.1 Å². The van der Waals surface area contributed by atoms with Crippen LogP contribution in [0.5, 0.6) is 0 Å². The van der Waals surface area contributed by atoms with E-state index in [-0.39, 0.29) is 24.8 Å². The summed E-state index contributed by atoms with van der Waals surface area (Å²) in [7, 11) is 0. The Morgan fingerprint density at radius 3 is 2.41 bits per heavy atom. The van der Waals surface area contributed by atoms with Gasteiger partial charge in [0.2, 0.25) is 5.91 Å². The number of carbonyl (C=O) groups excluding carboxylic acids is 2. The van der Waals surface area contributed by atoms with Crippen LogP contribution in [0.3, 0.4) is 0 Å². The van der Waals surface area contributed by atoms with Crippen LogP contribution in [0.25, 0.3) is 0 Å². The molecule has 17 heavy (non-hydrogen) atoms. The molecule has 0 spiro atoms. The zero-order valence-electron chi connectivity index (χ0n) is 10.0. The maximum absolute atomic E-state index is 11.4. The predicted molar refractivity (Wildman–Crippen MR) is 60.3 cm³/mol. The van der Waals surface area contributed by atoms with Gasteiger partial charge in [-0.05, 0) is 18.3 Å². The van der Waals surface area contributed by atoms with Crippen molar-refractivity contribution in [3.8, 4) is 0 Å². The number of urea groups is 1. The molecule has 3 amide bonds. The number of hydrogen-bond donors (Lipinski definition) is 3. The van der Waals surface area contributed by atoms with Crippen molar-refractivity contribution in [3.05, 3.63) is 0 Å². The van der Waals surface area contributed by atoms with E-state index in [0.717, 1.165) is 6.42 Å². The third kappa shape index (κ3) is 5.33. The van der Waals surface area contributed by atoms with Gasteiger partial charge in [0.15, 0.2) is 0 Å². The van der Waals surface area contributed by atoms with Crippen molar-refractivity contribution >= 4 is 17.9 Å². The molecule has 0 heterocycles. The van der Waals surface area contributed by atoms with Gasteiger partial charge in [-0.3, -0.25) is 14.9 Å². The molecular formula is C11H18N2O4. The van der Waals surface area contributed by atoms with Gasteiger partial charge < -0.3 is 10.4 Å². The van der Waals surface area contributed by atoms with Gasteiger partial charge in [-0.15, -0.1) is 0 Å². The highest BCUT2D eigenvalue weighted by atomic mass is 16.4. The van der Waals surface area contributed by atoms with Crippen molar-refractivity contribution in [1.29, 1.82) is 0 Å². The van der Waals surface area contributed by atoms with Crippen LogP contribution in [0.15, 0.2) is 0 Å². The van der Waals surface area contributed by atoms with E-state index < -0.39 is 17.9 Å². The van der Waals surface area contributed by atoms with E-state index in [9.17, 15) is 14.4 Å². The Kier molecular flexibility index (Phi) is 4.48. The fourth-order valence-electron chi connectivity index (χ4n) is 1.59. The van der Waals surface area contributed by atoms with Crippen LogP contribution in [0.4, 0.5) is 4.79 Å². The summed E-state index contributed by atoms with van der Waals surface area (Å²) in [6.07, 6.45) is 0.908. The number of hydrogen-bond acceptors (Lipinski definition) is 3. The Balaban J connectivity index is 2.19. The Morgan fingerprint density at radius 2 is 1.94 bits per heavy atom. The SMILES string of the molecule is CC(CC(=O)O)CC(=O)NC(=O)NC1CC1C. The van der Waals surface area contributed by atoms with Crippen LogP contribution in [0, 0.1) is 11.8 Å². The van der Waals surface area contributed by atoms with E-state index in [1.165, 1.54) is 0 Å². The minimum atomic E-state index is -0.943. The topological polar surface area (TPSA) is 95.5 Å². The normalized spacial score (nSPS) is 23.6. The molecule has 0 aromatic rings. The lowest BCUT2D eigenvalue weighted by atomic mass is 10.0. The summed E-state index contributed by atoms with van der Waals surface area (Å²) in [5, 5.41) is 13.4. The second-order valence-electron chi connectivity index (χ2n) is 4.75. The largest absolute Gasteiger partial charge is 0.481 e. The molecule has 3 N–H and O–H groups in total. The fourth-order valence-corrected chi connectivity index (χ4v) is 1.59. The van der Waals surface area contributed by atoms with Gasteiger partial charge in [0.25, 0.3) is 0 Å². The van der Waals surface area contributed by atoms with Gasteiger partial charge in [0.1, 0.15) is 0 Å². The molecule has 0 bridgehead atoms. The van der Waals surface area contributed by atoms with E-state index in [1.54, 1.807) is 6.92 Å². The van der Waals surface area contributed by atoms with Crippen LogP contribution in [-0.2, 0) is 9.59 Å². The Morgan fingerprint density at radius 1 is 1.35 bits per heavy atom. The van der Waals surface area contributed by atoms with Crippen LogP contribution >= 0.6 is 0 Å². The maximum Gasteiger partial charge on any atom is 0.321 e. The number of carboxylic acids is 1. The zero-order chi connectivity index (χ0) is 13.0. The zero-order valence-corrected chi connectivity index (χ0v) is 10.0. The molecular weight excluding hydrogens is 224 g/mol. The first-order valence-electron chi connectivity index (χ1n) is 5.70. The summed E-state index contributed by atoms with van der Waals surface area (Å²) in [6.45, 7) is 3.68. The lowest BCUT2D eigenvalue weighted by molar-refractivity contribution is -0.138. The number of imide groups is 1. The molecule has 0 saturated heterocycles. The number of carbonyl (C=O) groups is 3. The highest BCUT2D eigenvalue weighted by molar-refractivity contribution is 5.94. The third-order valence-electron chi connectivity index (χ3n) is 2.74. The molecule has 0 radical (unpaired) electrons. The van der Waals surface area contributed by atoms with Crippen LogP contribution in [0.2, 0.25) is 0 Å². The minimum absolute atomic E-state index is 0.0416. The van der Waals surface area contributed by atoms with Crippen molar-refractivity contribution in [3.63, 3.8) is 0 Å². The molecule has 6 heteroatoms. The third-order valence-corrected chi connectivity index (χ3v) is 2.74. The monoisotopic (exact) mass is 242 g/mol. The van der Waals surface area contributed by atoms with E-state index in [1.807, 2.05) is 6.92 Å². The number of carboxylic acid groups (broad SMARTS) is 1. The minimum Gasteiger partial charge on any atom is -0.481 e. The molecule has 0 aromatic carbocycles. The first-order valence-corrected chi connectivity index (χ1v) is 5.70. The summed E-state index contributed by atoms with van der Waals surface area (Å²) < 4.78 is 0. The molecule has 1 aliphatic rings. The van der Waals surface area contributed by atoms with Gasteiger partial charge >= 0.3 is 12.0 Å². The van der Waals surface area contributed by atoms with Crippen molar-refractivity contribution in [1.82, 2.24) is 10.6 Å². The van der Waals surface area contributed by atoms with E-state index >= 15 is 0 Å². The molecule has 0 aromatic heterocycles. The van der Waals surface area contributed by atoms with Crippen LogP contribution < -0.4 is 10.6 Å². The maximum atomic E-state index is 11.4. The fraction of sp³-hybridized carbons (Fsp3) is 0.727. The van der Waals surface area contributed by atoms with Gasteiger partial charge in [0, 0.05) is 18.9 Å². The van der Waals surface area contributed by atoms with Gasteiger partial charge in [-0.1, -0.05) is 13.8 Å². The van der Waals surface area contributed by atoms with Crippen molar-refractivity contribution in [2.45, 2.75) is 39.2 Å². The molecule has 0 aliphatic heterocycles. The summed E-state index contributed by atoms with van der Waals surface area (Å²) >= 11 is 0. The van der Waals surface area contributed by atoms with Crippen molar-refractivity contribution in [2.75, 3.05) is 0 Å². The molecule has 1 aliphatic carbocycles. The molecule has 1 fully saturated rings. The first-order chi connectivity index (χ1) is 7.88. The number of aliphatic carboxylic acids is 1. The summed E-state index contributed by atoms with van der Waals surface area (Å²) in [4.78, 5) is 33.0. The summed E-state index contributed by atoms with van der Waals surface area (Å²) in [6, 6.07) is -0.328. The quantitative estimate of drug-likeness (QED) is 0.662. The molecule has 3 atom stereocenters. The van der Waals surface area contributed by atoms with E-state index in [0.29, 0.717) is 5.92 Å². The lowest BCUT2D eigenvalue weighted by Crippen LogP contribution is -2.41. The summed E-state index contributed by atoms with van der Waals surface area (Å²) in [5.74, 6) is -1.19. The number of rotatable bonds is 5. The highest BCUT2D eigenvalue weighted by Gasteiger charge is 2.34. The summed E-state index contributed by atoms with van der Waals surface area (Å²) in [5.41, 5.74) is 0.